The van der Waals surface area contributed by atoms with Gasteiger partial charge in [-0.3, -0.25) is 0 Å². The second-order valence-electron chi connectivity index (χ2n) is 4.95. The SMILES string of the molecule is CC(C)NCc1nnc(NCCc2ccc(Cl)cc2Cl)o1. The number of nitrogens with zero attached hydrogens (tertiary/aromatic N) is 2. The molecule has 0 aliphatic rings. The molecule has 2 N–H and O–H groups in total. The van der Waals surface area contributed by atoms with Crippen LogP contribution in [-0.2, 0) is 13.0 Å². The smallest absolute Gasteiger partial charge is 0.315 e. The molecule has 2 aromatic rings. The number of benzene rings is 1. The van der Waals surface area contributed by atoms with Crippen molar-refractivity contribution in [3.05, 3.63) is 39.7 Å². The first kappa shape index (κ1) is 16.1. The summed E-state index contributed by atoms with van der Waals surface area (Å²) in [6.07, 6.45) is 0.748. The quantitative estimate of drug-likeness (QED) is 0.814. The Hall–Kier alpha value is -1.30. The van der Waals surface area contributed by atoms with Crippen LogP contribution >= 0.6 is 23.2 Å². The van der Waals surface area contributed by atoms with E-state index in [0.717, 1.165) is 12.0 Å². The fourth-order valence-electron chi connectivity index (χ4n) is 1.72. The summed E-state index contributed by atoms with van der Waals surface area (Å²) in [7, 11) is 0. The number of aromatic nitrogens is 2. The van der Waals surface area contributed by atoms with Crippen LogP contribution in [0, 0.1) is 0 Å². The number of halogens is 2. The van der Waals surface area contributed by atoms with Crippen molar-refractivity contribution in [2.45, 2.75) is 32.9 Å². The van der Waals surface area contributed by atoms with Gasteiger partial charge in [-0.05, 0) is 24.1 Å². The zero-order chi connectivity index (χ0) is 15.2. The lowest BCUT2D eigenvalue weighted by Gasteiger charge is -2.05. The topological polar surface area (TPSA) is 63.0 Å². The van der Waals surface area contributed by atoms with Crippen LogP contribution in [0.25, 0.3) is 0 Å². The number of nitrogens with one attached hydrogen (secondary N) is 2. The highest BCUT2D eigenvalue weighted by Crippen LogP contribution is 2.21. The van der Waals surface area contributed by atoms with Crippen molar-refractivity contribution in [1.29, 1.82) is 0 Å². The van der Waals surface area contributed by atoms with Gasteiger partial charge in [0.05, 0.1) is 6.54 Å². The summed E-state index contributed by atoms with van der Waals surface area (Å²) in [6, 6.07) is 6.27. The molecule has 114 valence electrons. The van der Waals surface area contributed by atoms with Gasteiger partial charge in [-0.2, -0.15) is 0 Å². The van der Waals surface area contributed by atoms with Crippen LogP contribution in [0.4, 0.5) is 6.01 Å². The highest BCUT2D eigenvalue weighted by atomic mass is 35.5. The third-order valence-corrected chi connectivity index (χ3v) is 3.40. The van der Waals surface area contributed by atoms with E-state index in [4.69, 9.17) is 27.6 Å². The molecular weight excluding hydrogens is 311 g/mol. The maximum atomic E-state index is 6.11. The average molecular weight is 329 g/mol. The summed E-state index contributed by atoms with van der Waals surface area (Å²) in [5.41, 5.74) is 1.02. The Kier molecular flexibility index (Phi) is 5.85. The minimum absolute atomic E-state index is 0.375. The van der Waals surface area contributed by atoms with Crippen LogP contribution in [0.3, 0.4) is 0 Å². The molecule has 1 heterocycles. The maximum absolute atomic E-state index is 6.11. The van der Waals surface area contributed by atoms with E-state index in [-0.39, 0.29) is 0 Å². The number of anilines is 1. The third-order valence-electron chi connectivity index (χ3n) is 2.81. The van der Waals surface area contributed by atoms with Gasteiger partial charge in [-0.1, -0.05) is 48.2 Å². The van der Waals surface area contributed by atoms with Crippen molar-refractivity contribution in [3.63, 3.8) is 0 Å². The van der Waals surface area contributed by atoms with Gasteiger partial charge >= 0.3 is 6.01 Å². The second-order valence-corrected chi connectivity index (χ2v) is 5.79. The highest BCUT2D eigenvalue weighted by molar-refractivity contribution is 6.35. The van der Waals surface area contributed by atoms with E-state index in [2.05, 4.69) is 34.7 Å². The standard InChI is InChI=1S/C14H18Cl2N4O/c1-9(2)18-8-13-19-20-14(21-13)17-6-5-10-3-4-11(15)7-12(10)16/h3-4,7,9,18H,5-6,8H2,1-2H3,(H,17,20). The van der Waals surface area contributed by atoms with Gasteiger partial charge in [0.1, 0.15) is 0 Å². The molecule has 0 saturated carbocycles. The molecule has 0 radical (unpaired) electrons. The van der Waals surface area contributed by atoms with Crippen molar-refractivity contribution in [1.82, 2.24) is 15.5 Å². The fourth-order valence-corrected chi connectivity index (χ4v) is 2.22. The summed E-state index contributed by atoms with van der Waals surface area (Å²) in [4.78, 5) is 0. The molecule has 7 heteroatoms. The van der Waals surface area contributed by atoms with Gasteiger partial charge in [0, 0.05) is 22.6 Å². The lowest BCUT2D eigenvalue weighted by Crippen LogP contribution is -2.21. The van der Waals surface area contributed by atoms with Gasteiger partial charge in [0.15, 0.2) is 0 Å². The molecule has 2 rings (SSSR count). The van der Waals surface area contributed by atoms with Crippen molar-refractivity contribution in [3.8, 4) is 0 Å². The molecule has 0 atom stereocenters. The summed E-state index contributed by atoms with van der Waals surface area (Å²) in [5, 5.41) is 15.5. The zero-order valence-corrected chi connectivity index (χ0v) is 13.5. The Morgan fingerprint density at radius 3 is 2.76 bits per heavy atom. The minimum Gasteiger partial charge on any atom is -0.407 e. The molecule has 5 nitrogen and oxygen atoms in total. The molecule has 0 saturated heterocycles. The van der Waals surface area contributed by atoms with E-state index >= 15 is 0 Å². The third kappa shape index (κ3) is 5.19. The summed E-state index contributed by atoms with van der Waals surface area (Å²) >= 11 is 12.0. The first-order valence-electron chi connectivity index (χ1n) is 6.78. The average Bonchev–Trinajstić information content (AvgIpc) is 2.87. The molecule has 1 aromatic carbocycles. The molecule has 0 fully saturated rings. The fraction of sp³-hybridized carbons (Fsp3) is 0.429. The predicted molar refractivity (Wildman–Crippen MR) is 84.9 cm³/mol. The van der Waals surface area contributed by atoms with Crippen LogP contribution in [-0.4, -0.2) is 22.8 Å². The number of hydrogen-bond acceptors (Lipinski definition) is 5. The molecule has 21 heavy (non-hydrogen) atoms. The van der Waals surface area contributed by atoms with E-state index in [9.17, 15) is 0 Å². The Morgan fingerprint density at radius 1 is 1.24 bits per heavy atom. The van der Waals surface area contributed by atoms with Crippen LogP contribution in [0.1, 0.15) is 25.3 Å². The Balaban J connectivity index is 1.80. The molecule has 0 bridgehead atoms. The molecule has 0 unspecified atom stereocenters. The van der Waals surface area contributed by atoms with E-state index in [1.54, 1.807) is 6.07 Å². The van der Waals surface area contributed by atoms with Crippen molar-refractivity contribution < 1.29 is 4.42 Å². The van der Waals surface area contributed by atoms with E-state index in [1.165, 1.54) is 0 Å². The van der Waals surface area contributed by atoms with Crippen molar-refractivity contribution in [2.75, 3.05) is 11.9 Å². The first-order chi connectivity index (χ1) is 10.0. The van der Waals surface area contributed by atoms with Crippen LogP contribution < -0.4 is 10.6 Å². The van der Waals surface area contributed by atoms with Gasteiger partial charge in [0.25, 0.3) is 0 Å². The molecule has 1 aromatic heterocycles. The predicted octanol–water partition coefficient (Wildman–Crippen LogP) is 3.53. The van der Waals surface area contributed by atoms with Gasteiger partial charge in [-0.25, -0.2) is 0 Å². The van der Waals surface area contributed by atoms with Crippen LogP contribution in [0.2, 0.25) is 10.0 Å². The van der Waals surface area contributed by atoms with Gasteiger partial charge in [-0.15, -0.1) is 5.10 Å². The minimum atomic E-state index is 0.375. The Bertz CT molecular complexity index is 586. The number of rotatable bonds is 7. The number of hydrogen-bond donors (Lipinski definition) is 2. The van der Waals surface area contributed by atoms with Crippen LogP contribution in [0.15, 0.2) is 22.6 Å². The van der Waals surface area contributed by atoms with E-state index in [0.29, 0.717) is 41.1 Å². The monoisotopic (exact) mass is 328 g/mol. The second kappa shape index (κ2) is 7.64. The molecule has 0 amide bonds. The largest absolute Gasteiger partial charge is 0.407 e. The summed E-state index contributed by atoms with van der Waals surface area (Å²) < 4.78 is 5.47. The first-order valence-corrected chi connectivity index (χ1v) is 7.53. The Labute approximate surface area is 134 Å². The lowest BCUT2D eigenvalue weighted by molar-refractivity contribution is 0.458. The van der Waals surface area contributed by atoms with Crippen LogP contribution in [0.5, 0.6) is 0 Å². The Morgan fingerprint density at radius 2 is 2.05 bits per heavy atom. The summed E-state index contributed by atoms with van der Waals surface area (Å²) in [6.45, 7) is 5.34. The maximum Gasteiger partial charge on any atom is 0.315 e. The lowest BCUT2D eigenvalue weighted by atomic mass is 10.1. The van der Waals surface area contributed by atoms with Gasteiger partial charge < -0.3 is 15.1 Å². The van der Waals surface area contributed by atoms with Crippen molar-refractivity contribution >= 4 is 29.2 Å². The van der Waals surface area contributed by atoms with Crippen molar-refractivity contribution in [2.24, 2.45) is 0 Å². The molecular formula is C14H18Cl2N4O. The van der Waals surface area contributed by atoms with E-state index < -0.39 is 0 Å². The summed E-state index contributed by atoms with van der Waals surface area (Å²) in [5.74, 6) is 0.565. The molecule has 0 spiro atoms. The normalized spacial score (nSPS) is 11.1. The highest BCUT2D eigenvalue weighted by Gasteiger charge is 2.06. The van der Waals surface area contributed by atoms with Gasteiger partial charge in [0.2, 0.25) is 5.89 Å². The van der Waals surface area contributed by atoms with E-state index in [1.807, 2.05) is 12.1 Å². The molecule has 0 aliphatic heterocycles. The zero-order valence-electron chi connectivity index (χ0n) is 12.0. The molecule has 0 aliphatic carbocycles.